The Morgan fingerprint density at radius 1 is 1.05 bits per heavy atom. The zero-order chi connectivity index (χ0) is 29.6. The maximum atomic E-state index is 11.4. The minimum absolute atomic E-state index is 0.0469. The summed E-state index contributed by atoms with van der Waals surface area (Å²) >= 11 is 0.893. The van der Waals surface area contributed by atoms with E-state index in [-0.39, 0.29) is 21.2 Å². The Kier molecular flexibility index (Phi) is 8.24. The molecule has 0 bridgehead atoms. The molecule has 3 aromatic rings. The van der Waals surface area contributed by atoms with Crippen LogP contribution in [-0.2, 0) is 27.0 Å². The van der Waals surface area contributed by atoms with E-state index in [4.69, 9.17) is 14.2 Å². The summed E-state index contributed by atoms with van der Waals surface area (Å²) in [7, 11) is 1.56. The van der Waals surface area contributed by atoms with Gasteiger partial charge >= 0.3 is 5.82 Å². The van der Waals surface area contributed by atoms with Gasteiger partial charge in [0.25, 0.3) is 0 Å². The van der Waals surface area contributed by atoms with Crippen molar-refractivity contribution in [3.05, 3.63) is 29.1 Å². The van der Waals surface area contributed by atoms with E-state index < -0.39 is 85.3 Å². The number of aryl methyl sites for hydroxylation is 1. The number of aromatic nitrogens is 6. The van der Waals surface area contributed by atoms with E-state index in [1.54, 1.807) is 7.05 Å². The summed E-state index contributed by atoms with van der Waals surface area (Å²) in [4.78, 5) is 27.2. The van der Waals surface area contributed by atoms with Crippen molar-refractivity contribution in [2.24, 2.45) is 7.05 Å². The van der Waals surface area contributed by atoms with Crippen LogP contribution in [-0.4, -0.2) is 139 Å². The third kappa shape index (κ3) is 4.85. The predicted molar refractivity (Wildman–Crippen MR) is 131 cm³/mol. The predicted octanol–water partition coefficient (Wildman–Crippen LogP) is -3.80. The molecule has 2 aliphatic heterocycles. The van der Waals surface area contributed by atoms with Crippen LogP contribution in [0.3, 0.4) is 0 Å². The maximum absolute atomic E-state index is 11.4. The Hall–Kier alpha value is -2.89. The fraction of sp³-hybridized carbons (Fsp3) is 0.619. The second-order valence-corrected chi connectivity index (χ2v) is 10.4. The topological polar surface area (TPSA) is 274 Å². The molecule has 41 heavy (non-hydrogen) atoms. The molecule has 4 unspecified atom stereocenters. The molecule has 0 saturated carbocycles. The van der Waals surface area contributed by atoms with Crippen molar-refractivity contribution in [2.45, 2.75) is 64.8 Å². The van der Waals surface area contributed by atoms with Crippen molar-refractivity contribution >= 4 is 28.7 Å². The molecule has 7 N–H and O–H groups in total. The lowest BCUT2D eigenvalue weighted by atomic mass is 9.98. The molecule has 9 atom stereocenters. The van der Waals surface area contributed by atoms with Crippen molar-refractivity contribution in [1.82, 2.24) is 29.1 Å². The number of nitrogens with zero attached hydrogens (tertiary/aromatic N) is 7. The molecule has 3 aromatic heterocycles. The molecule has 5 rings (SSSR count). The summed E-state index contributed by atoms with van der Waals surface area (Å²) in [5.41, 5.74) is -1.86. The third-order valence-electron chi connectivity index (χ3n) is 6.98. The standard InChI is InChI=1S/C21H27N7O12S/c1-26-6-25-17(28(36)37)19(26)41-18-10-16(22-5-23-18)27(7-24-10)21(4-31)15(35)14(9(3-30)40-21)39-20-13(34)12(33)11(32)8(2-29)38-20/h5-9,11-15,20,29-35H,2-4H2,1H3/t8?,9-,11+,12-,13?,14?,15-,20+,21?/m1/s1. The summed E-state index contributed by atoms with van der Waals surface area (Å²) in [6.45, 7) is -2.33. The molecule has 2 aliphatic rings. The monoisotopic (exact) mass is 601 g/mol. The molecule has 0 spiro atoms. The van der Waals surface area contributed by atoms with E-state index in [2.05, 4.69) is 19.9 Å². The Morgan fingerprint density at radius 3 is 2.44 bits per heavy atom. The number of ether oxygens (including phenoxy) is 3. The van der Waals surface area contributed by atoms with Crippen LogP contribution in [0.15, 0.2) is 29.0 Å². The van der Waals surface area contributed by atoms with Crippen molar-refractivity contribution in [2.75, 3.05) is 19.8 Å². The van der Waals surface area contributed by atoms with Gasteiger partial charge in [0.15, 0.2) is 22.7 Å². The summed E-state index contributed by atoms with van der Waals surface area (Å²) in [6.07, 6.45) is -9.14. The van der Waals surface area contributed by atoms with Gasteiger partial charge in [-0.2, -0.15) is 0 Å². The summed E-state index contributed by atoms with van der Waals surface area (Å²) in [5, 5.41) is 83.6. The van der Waals surface area contributed by atoms with Gasteiger partial charge in [-0.15, -0.1) is 0 Å². The van der Waals surface area contributed by atoms with Gasteiger partial charge in [0.2, 0.25) is 6.33 Å². The molecule has 0 amide bonds. The zero-order valence-electron chi connectivity index (χ0n) is 21.2. The highest BCUT2D eigenvalue weighted by Crippen LogP contribution is 2.41. The molecule has 2 fully saturated rings. The Morgan fingerprint density at radius 2 is 1.78 bits per heavy atom. The number of hydrogen-bond donors (Lipinski definition) is 7. The van der Waals surface area contributed by atoms with Gasteiger partial charge in [0.05, 0.1) is 26.1 Å². The zero-order valence-corrected chi connectivity index (χ0v) is 22.0. The van der Waals surface area contributed by atoms with E-state index in [0.717, 1.165) is 18.1 Å². The first-order valence-corrected chi connectivity index (χ1v) is 12.9. The first-order valence-electron chi connectivity index (χ1n) is 12.1. The van der Waals surface area contributed by atoms with Crippen LogP contribution < -0.4 is 0 Å². The number of imidazole rings is 2. The van der Waals surface area contributed by atoms with Gasteiger partial charge in [-0.05, 0) is 21.7 Å². The minimum atomic E-state index is -2.05. The smallest absolute Gasteiger partial charge is 0.394 e. The number of fused-ring (bicyclic) bond motifs is 1. The van der Waals surface area contributed by atoms with Crippen LogP contribution in [0.5, 0.6) is 0 Å². The average Bonchev–Trinajstić information content (AvgIpc) is 3.64. The van der Waals surface area contributed by atoms with Gasteiger partial charge in [0, 0.05) is 7.05 Å². The van der Waals surface area contributed by atoms with Gasteiger partial charge in [-0.1, -0.05) is 0 Å². The van der Waals surface area contributed by atoms with Gasteiger partial charge < -0.3 is 64.6 Å². The van der Waals surface area contributed by atoms with Crippen LogP contribution in [0.4, 0.5) is 5.82 Å². The Bertz CT molecular complexity index is 1410. The fourth-order valence-corrected chi connectivity index (χ4v) is 5.74. The van der Waals surface area contributed by atoms with Crippen molar-refractivity contribution < 1.29 is 54.9 Å². The molecular formula is C21H27N7O12S. The lowest BCUT2D eigenvalue weighted by Crippen LogP contribution is -2.60. The van der Waals surface area contributed by atoms with Crippen LogP contribution in [0.2, 0.25) is 0 Å². The second kappa shape index (κ2) is 11.4. The van der Waals surface area contributed by atoms with E-state index in [1.165, 1.54) is 21.8 Å². The van der Waals surface area contributed by atoms with Crippen LogP contribution in [0.1, 0.15) is 0 Å². The molecule has 0 radical (unpaired) electrons. The van der Waals surface area contributed by atoms with Crippen molar-refractivity contribution in [1.29, 1.82) is 0 Å². The highest BCUT2D eigenvalue weighted by molar-refractivity contribution is 7.99. The van der Waals surface area contributed by atoms with Gasteiger partial charge in [-0.25, -0.2) is 15.0 Å². The largest absolute Gasteiger partial charge is 0.396 e. The number of aliphatic hydroxyl groups is 7. The lowest BCUT2D eigenvalue weighted by Gasteiger charge is -2.41. The molecule has 224 valence electrons. The van der Waals surface area contributed by atoms with Crippen LogP contribution >= 0.6 is 11.8 Å². The van der Waals surface area contributed by atoms with E-state index >= 15 is 0 Å². The second-order valence-electron chi connectivity index (χ2n) is 9.39. The Labute approximate surface area is 233 Å². The van der Waals surface area contributed by atoms with E-state index in [1.807, 2.05) is 0 Å². The summed E-state index contributed by atoms with van der Waals surface area (Å²) in [6, 6.07) is 0. The molecule has 2 saturated heterocycles. The molecule has 0 aliphatic carbocycles. The average molecular weight is 602 g/mol. The SMILES string of the molecule is Cn1cnc([N+](=O)[O-])c1Sc1ncnc2c1ncn2C1(CO)O[C@H](CO)C(O[C@@H]2OC(CO)[C@H](O)[C@@H](O)C2O)[C@H]1O. The minimum Gasteiger partial charge on any atom is -0.394 e. The first-order chi connectivity index (χ1) is 19.6. The summed E-state index contributed by atoms with van der Waals surface area (Å²) in [5.74, 6) is -0.399. The van der Waals surface area contributed by atoms with E-state index in [9.17, 15) is 45.9 Å². The highest BCUT2D eigenvalue weighted by atomic mass is 32.2. The number of rotatable bonds is 9. The van der Waals surface area contributed by atoms with Crippen molar-refractivity contribution in [3.8, 4) is 0 Å². The van der Waals surface area contributed by atoms with Crippen LogP contribution in [0.25, 0.3) is 11.2 Å². The molecule has 5 heterocycles. The van der Waals surface area contributed by atoms with E-state index in [0.29, 0.717) is 0 Å². The normalized spacial score (nSPS) is 34.0. The lowest BCUT2D eigenvalue weighted by molar-refractivity contribution is -0.392. The third-order valence-corrected chi connectivity index (χ3v) is 8.14. The highest BCUT2D eigenvalue weighted by Gasteiger charge is 2.59. The van der Waals surface area contributed by atoms with Crippen molar-refractivity contribution in [3.63, 3.8) is 0 Å². The Balaban J connectivity index is 1.48. The van der Waals surface area contributed by atoms with Gasteiger partial charge in [0.1, 0.15) is 59.6 Å². The molecule has 0 aromatic carbocycles. The number of hydrogen-bond acceptors (Lipinski definition) is 17. The van der Waals surface area contributed by atoms with Gasteiger partial charge in [-0.3, -0.25) is 4.57 Å². The number of aliphatic hydroxyl groups excluding tert-OH is 7. The summed E-state index contributed by atoms with van der Waals surface area (Å²) < 4.78 is 19.6. The quantitative estimate of drug-likeness (QED) is 0.0703. The van der Waals surface area contributed by atoms with Crippen LogP contribution in [0, 0.1) is 10.1 Å². The molecule has 20 heteroatoms. The number of nitro groups is 1. The first kappa shape index (κ1) is 29.6. The molecular weight excluding hydrogens is 574 g/mol. The molecule has 19 nitrogen and oxygen atoms in total. The fourth-order valence-electron chi connectivity index (χ4n) is 4.81. The maximum Gasteiger partial charge on any atom is 0.396 e.